The Bertz CT molecular complexity index is 713. The molecule has 1 amide bonds. The van der Waals surface area contributed by atoms with Crippen molar-refractivity contribution in [3.63, 3.8) is 0 Å². The van der Waals surface area contributed by atoms with E-state index in [0.29, 0.717) is 6.54 Å². The second kappa shape index (κ2) is 6.18. The normalized spacial score (nSPS) is 27.4. The van der Waals surface area contributed by atoms with E-state index in [1.165, 1.54) is 0 Å². The Morgan fingerprint density at radius 3 is 3.17 bits per heavy atom. The predicted molar refractivity (Wildman–Crippen MR) is 92.7 cm³/mol. The molecule has 0 unspecified atom stereocenters. The third kappa shape index (κ3) is 2.50. The van der Waals surface area contributed by atoms with Gasteiger partial charge in [0.05, 0.1) is 22.9 Å². The maximum atomic E-state index is 13.2. The number of furan rings is 1. The molecule has 2 aliphatic heterocycles. The van der Waals surface area contributed by atoms with Gasteiger partial charge in [-0.2, -0.15) is 0 Å². The van der Waals surface area contributed by atoms with Crippen molar-refractivity contribution in [2.24, 2.45) is 5.41 Å². The van der Waals surface area contributed by atoms with Gasteiger partial charge in [-0.15, -0.1) is 17.9 Å². The number of carbonyl (C=O) groups is 1. The molecule has 0 N–H and O–H groups in total. The van der Waals surface area contributed by atoms with Gasteiger partial charge < -0.3 is 9.32 Å². The van der Waals surface area contributed by atoms with Crippen molar-refractivity contribution >= 4 is 17.2 Å². The second-order valence-electron chi connectivity index (χ2n) is 6.67. The molecule has 1 spiro atoms. The summed E-state index contributed by atoms with van der Waals surface area (Å²) >= 11 is 1.66. The molecule has 0 bridgehead atoms. The Morgan fingerprint density at radius 2 is 2.46 bits per heavy atom. The summed E-state index contributed by atoms with van der Waals surface area (Å²) in [6, 6.07) is 1.99. The minimum atomic E-state index is -0.343. The lowest BCUT2D eigenvalue weighted by Gasteiger charge is -2.27. The number of nitrogens with zero attached hydrogens (tertiary/aromatic N) is 3. The number of hydrogen-bond donors (Lipinski definition) is 0. The summed E-state index contributed by atoms with van der Waals surface area (Å²) in [5, 5.41) is 3.08. The first-order chi connectivity index (χ1) is 11.7. The zero-order valence-electron chi connectivity index (χ0n) is 13.6. The molecule has 5 nitrogen and oxygen atoms in total. The standard InChI is InChI=1S/C18H21N3O2S/c1-2-6-21-7-4-18(17(21)22)13-20(10-14-3-8-23-12-14)11-15(18)16-19-5-9-24-16/h2-3,5,8-9,12,15H,1,4,6-7,10-11,13H2/t15-,18+/m0/s1. The van der Waals surface area contributed by atoms with Gasteiger partial charge >= 0.3 is 0 Å². The van der Waals surface area contributed by atoms with Crippen molar-refractivity contribution in [3.8, 4) is 0 Å². The number of rotatable bonds is 5. The fourth-order valence-electron chi connectivity index (χ4n) is 4.15. The number of likely N-dealkylation sites (tertiary alicyclic amines) is 2. The van der Waals surface area contributed by atoms with Crippen LogP contribution in [0.5, 0.6) is 0 Å². The highest BCUT2D eigenvalue weighted by atomic mass is 32.1. The molecule has 2 aliphatic rings. The molecule has 6 heteroatoms. The van der Waals surface area contributed by atoms with E-state index in [4.69, 9.17) is 4.42 Å². The van der Waals surface area contributed by atoms with Crippen molar-refractivity contribution in [1.82, 2.24) is 14.8 Å². The SMILES string of the molecule is C=CCN1CC[C@]2(CN(Cc3ccoc3)C[C@H]2c2nccs2)C1=O. The van der Waals surface area contributed by atoms with Gasteiger partial charge in [0.1, 0.15) is 0 Å². The Balaban J connectivity index is 1.62. The third-order valence-electron chi connectivity index (χ3n) is 5.24. The van der Waals surface area contributed by atoms with Gasteiger partial charge in [-0.05, 0) is 12.5 Å². The predicted octanol–water partition coefficient (Wildman–Crippen LogP) is 2.74. The molecule has 0 aliphatic carbocycles. The van der Waals surface area contributed by atoms with Crippen molar-refractivity contribution in [2.45, 2.75) is 18.9 Å². The van der Waals surface area contributed by atoms with Crippen LogP contribution in [0.2, 0.25) is 0 Å². The van der Waals surface area contributed by atoms with Crippen LogP contribution in [-0.2, 0) is 11.3 Å². The Kier molecular flexibility index (Phi) is 4.02. The lowest BCUT2D eigenvalue weighted by molar-refractivity contribution is -0.135. The van der Waals surface area contributed by atoms with E-state index < -0.39 is 0 Å². The van der Waals surface area contributed by atoms with Crippen molar-refractivity contribution in [1.29, 1.82) is 0 Å². The molecule has 0 radical (unpaired) electrons. The summed E-state index contributed by atoms with van der Waals surface area (Å²) in [4.78, 5) is 22.0. The minimum absolute atomic E-state index is 0.173. The number of hydrogen-bond acceptors (Lipinski definition) is 5. The zero-order valence-corrected chi connectivity index (χ0v) is 14.4. The van der Waals surface area contributed by atoms with E-state index in [2.05, 4.69) is 16.5 Å². The van der Waals surface area contributed by atoms with E-state index >= 15 is 0 Å². The van der Waals surface area contributed by atoms with Gasteiger partial charge in [0.2, 0.25) is 5.91 Å². The fourth-order valence-corrected chi connectivity index (χ4v) is 4.99. The first-order valence-corrected chi connectivity index (χ1v) is 9.14. The molecule has 4 heterocycles. The van der Waals surface area contributed by atoms with E-state index in [1.807, 2.05) is 28.6 Å². The summed E-state index contributed by atoms with van der Waals surface area (Å²) in [5.41, 5.74) is 0.809. The quantitative estimate of drug-likeness (QED) is 0.783. The summed E-state index contributed by atoms with van der Waals surface area (Å²) < 4.78 is 5.19. The van der Waals surface area contributed by atoms with Crippen LogP contribution in [0, 0.1) is 5.41 Å². The molecule has 126 valence electrons. The van der Waals surface area contributed by atoms with Gasteiger partial charge in [-0.3, -0.25) is 9.69 Å². The maximum absolute atomic E-state index is 13.2. The lowest BCUT2D eigenvalue weighted by atomic mass is 9.77. The molecule has 2 aromatic rings. The zero-order chi connectivity index (χ0) is 16.6. The van der Waals surface area contributed by atoms with Crippen LogP contribution in [0.1, 0.15) is 22.9 Å². The highest BCUT2D eigenvalue weighted by Crippen LogP contribution is 2.50. The molecule has 0 saturated carbocycles. The molecular formula is C18H21N3O2S. The van der Waals surface area contributed by atoms with E-state index in [9.17, 15) is 4.79 Å². The lowest BCUT2D eigenvalue weighted by Crippen LogP contribution is -2.39. The molecule has 0 aromatic carbocycles. The smallest absolute Gasteiger partial charge is 0.231 e. The number of aromatic nitrogens is 1. The molecule has 4 rings (SSSR count). The maximum Gasteiger partial charge on any atom is 0.231 e. The largest absolute Gasteiger partial charge is 0.472 e. The van der Waals surface area contributed by atoms with E-state index in [0.717, 1.165) is 43.2 Å². The molecular weight excluding hydrogens is 322 g/mol. The average molecular weight is 343 g/mol. The van der Waals surface area contributed by atoms with E-state index in [1.54, 1.807) is 23.9 Å². The van der Waals surface area contributed by atoms with Crippen LogP contribution in [0.3, 0.4) is 0 Å². The number of amides is 1. The van der Waals surface area contributed by atoms with E-state index in [-0.39, 0.29) is 17.2 Å². The fraction of sp³-hybridized carbons (Fsp3) is 0.444. The Hall–Kier alpha value is -1.92. The average Bonchev–Trinajstić information content (AvgIpc) is 3.34. The van der Waals surface area contributed by atoms with Gasteiger partial charge in [0, 0.05) is 55.8 Å². The topological polar surface area (TPSA) is 49.6 Å². The number of carbonyl (C=O) groups excluding carboxylic acids is 1. The van der Waals surface area contributed by atoms with Crippen LogP contribution < -0.4 is 0 Å². The third-order valence-corrected chi connectivity index (χ3v) is 6.13. The van der Waals surface area contributed by atoms with Crippen molar-refractivity contribution < 1.29 is 9.21 Å². The first kappa shape index (κ1) is 15.6. The summed E-state index contributed by atoms with van der Waals surface area (Å²) in [6.45, 7) is 7.69. The van der Waals surface area contributed by atoms with Crippen LogP contribution in [0.25, 0.3) is 0 Å². The molecule has 24 heavy (non-hydrogen) atoms. The number of thiazole rings is 1. The highest BCUT2D eigenvalue weighted by Gasteiger charge is 2.57. The van der Waals surface area contributed by atoms with Crippen LogP contribution in [0.15, 0.2) is 47.2 Å². The van der Waals surface area contributed by atoms with Crippen LogP contribution >= 0.6 is 11.3 Å². The van der Waals surface area contributed by atoms with Crippen molar-refractivity contribution in [3.05, 3.63) is 53.4 Å². The van der Waals surface area contributed by atoms with Crippen LogP contribution in [-0.4, -0.2) is 46.9 Å². The Morgan fingerprint density at radius 1 is 1.54 bits per heavy atom. The van der Waals surface area contributed by atoms with Gasteiger partial charge in [0.15, 0.2) is 0 Å². The first-order valence-electron chi connectivity index (χ1n) is 8.26. The summed E-state index contributed by atoms with van der Waals surface area (Å²) in [6.07, 6.45) is 8.03. The van der Waals surface area contributed by atoms with Gasteiger partial charge in [-0.1, -0.05) is 6.08 Å². The monoisotopic (exact) mass is 343 g/mol. The Labute approximate surface area is 145 Å². The van der Waals surface area contributed by atoms with Gasteiger partial charge in [0.25, 0.3) is 0 Å². The molecule has 2 saturated heterocycles. The second-order valence-corrected chi connectivity index (χ2v) is 7.60. The molecule has 2 fully saturated rings. The molecule has 2 atom stereocenters. The van der Waals surface area contributed by atoms with Gasteiger partial charge in [-0.25, -0.2) is 4.98 Å². The molecule has 2 aromatic heterocycles. The summed E-state index contributed by atoms with van der Waals surface area (Å²) in [7, 11) is 0. The highest BCUT2D eigenvalue weighted by molar-refractivity contribution is 7.09. The minimum Gasteiger partial charge on any atom is -0.472 e. The van der Waals surface area contributed by atoms with Crippen molar-refractivity contribution in [2.75, 3.05) is 26.2 Å². The summed E-state index contributed by atoms with van der Waals surface area (Å²) in [5.74, 6) is 0.434. The van der Waals surface area contributed by atoms with Crippen LogP contribution in [0.4, 0.5) is 0 Å².